The molecule has 0 radical (unpaired) electrons. The third-order valence-corrected chi connectivity index (χ3v) is 1.40. The molecule has 1 aliphatic heterocycles. The molecular formula is C6H11KO3. The summed E-state index contributed by atoms with van der Waals surface area (Å²) in [4.78, 5) is 10.1. The Morgan fingerprint density at radius 3 is 2.60 bits per heavy atom. The van der Waals surface area contributed by atoms with Gasteiger partial charge >= 0.3 is 57.4 Å². The molecule has 0 spiro atoms. The quantitative estimate of drug-likeness (QED) is 0.479. The molecule has 0 bridgehead atoms. The van der Waals surface area contributed by atoms with Gasteiger partial charge in [0.25, 0.3) is 0 Å². The van der Waals surface area contributed by atoms with Crippen LogP contribution in [0.15, 0.2) is 0 Å². The van der Waals surface area contributed by atoms with Gasteiger partial charge in [-0.25, -0.2) is 4.79 Å². The summed E-state index contributed by atoms with van der Waals surface area (Å²) in [5.41, 5.74) is 0. The Bertz CT molecular complexity index is 126. The van der Waals surface area contributed by atoms with Gasteiger partial charge in [-0.3, -0.25) is 0 Å². The Balaban J connectivity index is 0.000000810. The van der Waals surface area contributed by atoms with Crippen LogP contribution in [0.2, 0.25) is 0 Å². The van der Waals surface area contributed by atoms with Gasteiger partial charge < -0.3 is 9.84 Å². The molecule has 4 heteroatoms. The Labute approximate surface area is 103 Å². The van der Waals surface area contributed by atoms with Crippen molar-refractivity contribution in [2.45, 2.75) is 32.0 Å². The second kappa shape index (κ2) is 4.85. The van der Waals surface area contributed by atoms with Gasteiger partial charge in [0.1, 0.15) is 0 Å². The van der Waals surface area contributed by atoms with Crippen LogP contribution in [-0.2, 0) is 9.53 Å². The zero-order valence-electron chi connectivity index (χ0n) is 5.33. The first kappa shape index (κ1) is 11.1. The predicted molar refractivity (Wildman–Crippen MR) is 38.4 cm³/mol. The van der Waals surface area contributed by atoms with Crippen LogP contribution < -0.4 is 0 Å². The Kier molecular flexibility index (Phi) is 5.36. The molecule has 0 saturated carbocycles. The zero-order chi connectivity index (χ0) is 6.85. The van der Waals surface area contributed by atoms with E-state index in [2.05, 4.69) is 0 Å². The van der Waals surface area contributed by atoms with Crippen LogP contribution >= 0.6 is 0 Å². The van der Waals surface area contributed by atoms with E-state index in [1.165, 1.54) is 0 Å². The molecule has 0 aromatic carbocycles. The number of ether oxygens (including phenoxy) is 1. The third kappa shape index (κ3) is 2.98. The monoisotopic (exact) mass is 170 g/mol. The van der Waals surface area contributed by atoms with Crippen molar-refractivity contribution in [3.05, 3.63) is 0 Å². The van der Waals surface area contributed by atoms with Crippen LogP contribution in [0.5, 0.6) is 0 Å². The molecule has 0 aromatic rings. The number of epoxide rings is 1. The standard InChI is InChI=1S/C6H10O3.K.H/c1-2-3-4-5(9-4)6(7)8;;/h4-5H,2-3H2,1H3,(H,7,8);;. The number of carboxylic acids is 1. The molecule has 1 heterocycles. The molecule has 1 fully saturated rings. The van der Waals surface area contributed by atoms with Crippen LogP contribution in [-0.4, -0.2) is 74.7 Å². The van der Waals surface area contributed by atoms with Crippen molar-refractivity contribution in [1.82, 2.24) is 0 Å². The van der Waals surface area contributed by atoms with Gasteiger partial charge in [-0.2, -0.15) is 0 Å². The van der Waals surface area contributed by atoms with Crippen LogP contribution in [0.4, 0.5) is 0 Å². The Morgan fingerprint density at radius 2 is 2.30 bits per heavy atom. The molecule has 2 unspecified atom stereocenters. The topological polar surface area (TPSA) is 49.8 Å². The zero-order valence-corrected chi connectivity index (χ0v) is 5.33. The van der Waals surface area contributed by atoms with E-state index in [1.807, 2.05) is 6.92 Å². The second-order valence-corrected chi connectivity index (χ2v) is 2.22. The minimum atomic E-state index is -0.826. The average Bonchev–Trinajstić information content (AvgIpc) is 2.47. The summed E-state index contributed by atoms with van der Waals surface area (Å²) in [5, 5.41) is 8.33. The predicted octanol–water partition coefficient (Wildman–Crippen LogP) is -0.0100. The maximum atomic E-state index is 10.1. The molecule has 10 heavy (non-hydrogen) atoms. The SMILES string of the molecule is CCCC1OC1C(=O)O.[KH]. The van der Waals surface area contributed by atoms with Gasteiger partial charge in [0.15, 0.2) is 6.10 Å². The molecule has 0 aliphatic carbocycles. The van der Waals surface area contributed by atoms with Crippen molar-refractivity contribution < 1.29 is 14.6 Å². The van der Waals surface area contributed by atoms with E-state index in [1.54, 1.807) is 0 Å². The minimum absolute atomic E-state index is 0. The molecule has 0 amide bonds. The van der Waals surface area contributed by atoms with E-state index in [0.717, 1.165) is 12.8 Å². The van der Waals surface area contributed by atoms with E-state index < -0.39 is 12.1 Å². The van der Waals surface area contributed by atoms with Gasteiger partial charge in [0, 0.05) is 0 Å². The Morgan fingerprint density at radius 1 is 1.70 bits per heavy atom. The first-order valence-corrected chi connectivity index (χ1v) is 3.14. The van der Waals surface area contributed by atoms with Gasteiger partial charge in [-0.1, -0.05) is 13.3 Å². The summed E-state index contributed by atoms with van der Waals surface area (Å²) in [7, 11) is 0. The number of aliphatic carboxylic acids is 1. The molecule has 1 rings (SSSR count). The third-order valence-electron chi connectivity index (χ3n) is 1.40. The summed E-state index contributed by atoms with van der Waals surface area (Å²) in [6, 6.07) is 0. The van der Waals surface area contributed by atoms with Gasteiger partial charge in [0.2, 0.25) is 0 Å². The summed E-state index contributed by atoms with van der Waals surface area (Å²) in [5.74, 6) is -0.826. The summed E-state index contributed by atoms with van der Waals surface area (Å²) < 4.78 is 4.82. The number of carboxylic acid groups (broad SMARTS) is 1. The van der Waals surface area contributed by atoms with Crippen LogP contribution in [0.25, 0.3) is 0 Å². The molecular weight excluding hydrogens is 159 g/mol. The van der Waals surface area contributed by atoms with Crippen molar-refractivity contribution in [3.63, 3.8) is 0 Å². The fourth-order valence-corrected chi connectivity index (χ4v) is 0.864. The van der Waals surface area contributed by atoms with Gasteiger partial charge in [0.05, 0.1) is 6.10 Å². The van der Waals surface area contributed by atoms with Crippen molar-refractivity contribution in [1.29, 1.82) is 0 Å². The van der Waals surface area contributed by atoms with Crippen molar-refractivity contribution in [2.75, 3.05) is 0 Å². The van der Waals surface area contributed by atoms with Crippen LogP contribution in [0, 0.1) is 0 Å². The molecule has 3 nitrogen and oxygen atoms in total. The van der Waals surface area contributed by atoms with Gasteiger partial charge in [-0.05, 0) is 6.42 Å². The van der Waals surface area contributed by atoms with Gasteiger partial charge in [-0.15, -0.1) is 0 Å². The van der Waals surface area contributed by atoms with E-state index in [0.29, 0.717) is 0 Å². The number of carbonyl (C=O) groups is 1. The average molecular weight is 170 g/mol. The summed E-state index contributed by atoms with van der Waals surface area (Å²) >= 11 is 0. The van der Waals surface area contributed by atoms with E-state index >= 15 is 0 Å². The van der Waals surface area contributed by atoms with E-state index in [9.17, 15) is 4.79 Å². The summed E-state index contributed by atoms with van der Waals surface area (Å²) in [6.45, 7) is 2.01. The van der Waals surface area contributed by atoms with Crippen LogP contribution in [0.1, 0.15) is 19.8 Å². The second-order valence-electron chi connectivity index (χ2n) is 2.22. The number of hydrogen-bond acceptors (Lipinski definition) is 2. The fourth-order valence-electron chi connectivity index (χ4n) is 0.864. The maximum absolute atomic E-state index is 10.1. The van der Waals surface area contributed by atoms with Crippen molar-refractivity contribution >= 4 is 57.4 Å². The van der Waals surface area contributed by atoms with E-state index in [4.69, 9.17) is 9.84 Å². The molecule has 54 valence electrons. The molecule has 2 atom stereocenters. The first-order valence-electron chi connectivity index (χ1n) is 3.14. The molecule has 0 aromatic heterocycles. The van der Waals surface area contributed by atoms with E-state index in [-0.39, 0.29) is 57.5 Å². The van der Waals surface area contributed by atoms with Crippen LogP contribution in [0.3, 0.4) is 0 Å². The normalized spacial score (nSPS) is 28.9. The number of rotatable bonds is 3. The molecule has 1 aliphatic rings. The Hall–Kier alpha value is 1.07. The summed E-state index contributed by atoms with van der Waals surface area (Å²) in [6.07, 6.45) is 1.38. The molecule has 1 N–H and O–H groups in total. The fraction of sp³-hybridized carbons (Fsp3) is 0.833. The first-order chi connectivity index (χ1) is 4.25. The van der Waals surface area contributed by atoms with Crippen molar-refractivity contribution in [2.24, 2.45) is 0 Å². The number of hydrogen-bond donors (Lipinski definition) is 1. The molecule has 1 saturated heterocycles. The van der Waals surface area contributed by atoms with Crippen molar-refractivity contribution in [3.8, 4) is 0 Å².